The summed E-state index contributed by atoms with van der Waals surface area (Å²) >= 11 is 0. The Morgan fingerprint density at radius 2 is 1.61 bits per heavy atom. The van der Waals surface area contributed by atoms with Gasteiger partial charge in [0.1, 0.15) is 5.75 Å². The summed E-state index contributed by atoms with van der Waals surface area (Å²) in [5.41, 5.74) is 8.06. The van der Waals surface area contributed by atoms with E-state index >= 15 is 0 Å². The molecule has 33 heavy (non-hydrogen) atoms. The normalized spacial score (nSPS) is 11.6. The van der Waals surface area contributed by atoms with Gasteiger partial charge in [0.2, 0.25) is 10.0 Å². The average Bonchev–Trinajstić information content (AvgIpc) is 2.79. The number of methoxy groups -OCH3 is 1. The Hall–Kier alpha value is -2.69. The molecular weight excluding hydrogens is 487 g/mol. The van der Waals surface area contributed by atoms with Crippen LogP contribution >= 0.6 is 24.8 Å². The highest BCUT2D eigenvalue weighted by Crippen LogP contribution is 2.21. The number of sulfonamides is 1. The number of anilines is 1. The number of halogens is 2. The number of amides is 1. The molecule has 0 fully saturated rings. The molecule has 0 bridgehead atoms. The maximum Gasteiger partial charge on any atom is 0.255 e. The number of carbonyl (C=O) groups excluding carboxylic acids is 1. The second-order valence-electron chi connectivity index (χ2n) is 6.88. The summed E-state index contributed by atoms with van der Waals surface area (Å²) in [4.78, 5) is 16.4. The van der Waals surface area contributed by atoms with Crippen molar-refractivity contribution in [1.29, 1.82) is 0 Å². The molecule has 11 heteroatoms. The molecule has 2 aromatic carbocycles. The number of pyridine rings is 1. The molecule has 1 atom stereocenters. The molecule has 0 saturated carbocycles. The van der Waals surface area contributed by atoms with Crippen LogP contribution in [0.5, 0.6) is 5.75 Å². The van der Waals surface area contributed by atoms with Crippen molar-refractivity contribution < 1.29 is 17.9 Å². The van der Waals surface area contributed by atoms with E-state index in [-0.39, 0.29) is 42.2 Å². The standard InChI is InChI=1S/C22H24N4O4S.2ClH/c1-26(31(28,29)20-9-7-19(30-2)8-10-20)15-21(23)16-3-5-17(6-4-16)22(27)25-18-11-13-24-14-12-18;;/h3-14,21H,15,23H2,1-2H3,(H,24,25,27);2*1H/t21-;;/m1../s1. The third-order valence-electron chi connectivity index (χ3n) is 4.76. The lowest BCUT2D eigenvalue weighted by atomic mass is 10.1. The smallest absolute Gasteiger partial charge is 0.255 e. The highest BCUT2D eigenvalue weighted by molar-refractivity contribution is 7.89. The maximum absolute atomic E-state index is 12.8. The minimum absolute atomic E-state index is 0. The number of likely N-dealkylation sites (N-methyl/N-ethyl adjacent to an activating group) is 1. The molecule has 0 saturated heterocycles. The van der Waals surface area contributed by atoms with Crippen LogP contribution in [0, 0.1) is 0 Å². The molecule has 0 aliphatic carbocycles. The fourth-order valence-corrected chi connectivity index (χ4v) is 4.13. The number of rotatable bonds is 8. The number of carbonyl (C=O) groups is 1. The zero-order chi connectivity index (χ0) is 22.4. The van der Waals surface area contributed by atoms with Gasteiger partial charge in [-0.2, -0.15) is 4.31 Å². The van der Waals surface area contributed by atoms with Gasteiger partial charge in [0.15, 0.2) is 0 Å². The molecule has 0 aliphatic heterocycles. The Bertz CT molecular complexity index is 1130. The van der Waals surface area contributed by atoms with Crippen LogP contribution in [0.25, 0.3) is 0 Å². The molecule has 3 N–H and O–H groups in total. The van der Waals surface area contributed by atoms with Crippen molar-refractivity contribution in [3.63, 3.8) is 0 Å². The van der Waals surface area contributed by atoms with Crippen molar-refractivity contribution in [2.75, 3.05) is 26.0 Å². The molecule has 1 heterocycles. The molecule has 0 aliphatic rings. The van der Waals surface area contributed by atoms with E-state index in [2.05, 4.69) is 10.3 Å². The quantitative estimate of drug-likeness (QED) is 0.477. The SMILES string of the molecule is COc1ccc(S(=O)(=O)N(C)C[C@@H](N)c2ccc(C(=O)Nc3ccncc3)cc2)cc1.Cl.Cl. The van der Waals surface area contributed by atoms with Crippen molar-refractivity contribution in [3.05, 3.63) is 84.2 Å². The van der Waals surface area contributed by atoms with Crippen LogP contribution in [-0.4, -0.2) is 44.3 Å². The fourth-order valence-electron chi connectivity index (χ4n) is 2.93. The van der Waals surface area contributed by atoms with Gasteiger partial charge >= 0.3 is 0 Å². The summed E-state index contributed by atoms with van der Waals surface area (Å²) in [6.45, 7) is 0.0803. The summed E-state index contributed by atoms with van der Waals surface area (Å²) in [7, 11) is -0.696. The maximum atomic E-state index is 12.8. The van der Waals surface area contributed by atoms with Crippen LogP contribution in [-0.2, 0) is 10.0 Å². The summed E-state index contributed by atoms with van der Waals surface area (Å²) in [5, 5.41) is 2.78. The number of nitrogens with one attached hydrogen (secondary N) is 1. The van der Waals surface area contributed by atoms with Crippen molar-refractivity contribution >= 4 is 46.4 Å². The lowest BCUT2D eigenvalue weighted by Gasteiger charge is -2.22. The number of nitrogens with two attached hydrogens (primary N) is 1. The number of benzene rings is 2. The topological polar surface area (TPSA) is 115 Å². The van der Waals surface area contributed by atoms with E-state index in [0.29, 0.717) is 17.0 Å². The van der Waals surface area contributed by atoms with E-state index in [1.165, 1.54) is 30.6 Å². The monoisotopic (exact) mass is 512 g/mol. The van der Waals surface area contributed by atoms with E-state index in [0.717, 1.165) is 5.56 Å². The van der Waals surface area contributed by atoms with Crippen molar-refractivity contribution in [2.24, 2.45) is 5.73 Å². The predicted molar refractivity (Wildman–Crippen MR) is 133 cm³/mol. The first-order valence-corrected chi connectivity index (χ1v) is 10.9. The second-order valence-corrected chi connectivity index (χ2v) is 8.92. The van der Waals surface area contributed by atoms with E-state index in [9.17, 15) is 13.2 Å². The molecule has 178 valence electrons. The Labute approximate surface area is 206 Å². The minimum Gasteiger partial charge on any atom is -0.497 e. The predicted octanol–water partition coefficient (Wildman–Crippen LogP) is 3.51. The summed E-state index contributed by atoms with van der Waals surface area (Å²) < 4.78 is 31.9. The number of ether oxygens (including phenoxy) is 1. The third kappa shape index (κ3) is 7.15. The van der Waals surface area contributed by atoms with Crippen LogP contribution in [0.3, 0.4) is 0 Å². The molecule has 8 nitrogen and oxygen atoms in total. The van der Waals surface area contributed by atoms with Crippen LogP contribution in [0.15, 0.2) is 78.0 Å². The van der Waals surface area contributed by atoms with Crippen molar-refractivity contribution in [1.82, 2.24) is 9.29 Å². The van der Waals surface area contributed by atoms with Crippen LogP contribution in [0.1, 0.15) is 22.0 Å². The molecule has 1 aromatic heterocycles. The van der Waals surface area contributed by atoms with Crippen molar-refractivity contribution in [2.45, 2.75) is 10.9 Å². The number of hydrogen-bond donors (Lipinski definition) is 2. The highest BCUT2D eigenvalue weighted by Gasteiger charge is 2.23. The molecule has 0 unspecified atom stereocenters. The van der Waals surface area contributed by atoms with E-state index < -0.39 is 16.1 Å². The van der Waals surface area contributed by atoms with Gasteiger partial charge in [0.25, 0.3) is 5.91 Å². The van der Waals surface area contributed by atoms with Gasteiger partial charge in [0.05, 0.1) is 12.0 Å². The molecular formula is C22H26Cl2N4O4S. The zero-order valence-corrected chi connectivity index (χ0v) is 20.5. The fraction of sp³-hybridized carbons (Fsp3) is 0.182. The van der Waals surface area contributed by atoms with Crippen molar-refractivity contribution in [3.8, 4) is 5.75 Å². The first kappa shape index (κ1) is 28.3. The van der Waals surface area contributed by atoms with Gasteiger partial charge < -0.3 is 15.8 Å². The first-order chi connectivity index (χ1) is 14.8. The Kier molecular flexibility index (Phi) is 10.8. The van der Waals surface area contributed by atoms with E-state index in [4.69, 9.17) is 10.5 Å². The van der Waals surface area contributed by atoms with E-state index in [1.54, 1.807) is 60.9 Å². The van der Waals surface area contributed by atoms with Gasteiger partial charge in [-0.05, 0) is 54.1 Å². The van der Waals surface area contributed by atoms with Crippen LogP contribution in [0.4, 0.5) is 5.69 Å². The number of hydrogen-bond acceptors (Lipinski definition) is 6. The molecule has 3 aromatic rings. The number of aromatic nitrogens is 1. The lowest BCUT2D eigenvalue weighted by Crippen LogP contribution is -2.34. The average molecular weight is 513 g/mol. The van der Waals surface area contributed by atoms with Gasteiger partial charge in [-0.25, -0.2) is 8.42 Å². The van der Waals surface area contributed by atoms with Gasteiger partial charge in [-0.3, -0.25) is 9.78 Å². The van der Waals surface area contributed by atoms with Crippen LogP contribution in [0.2, 0.25) is 0 Å². The zero-order valence-electron chi connectivity index (χ0n) is 18.0. The minimum atomic E-state index is -3.69. The highest BCUT2D eigenvalue weighted by atomic mass is 35.5. The van der Waals surface area contributed by atoms with Gasteiger partial charge in [-0.15, -0.1) is 24.8 Å². The second kappa shape index (κ2) is 12.5. The third-order valence-corrected chi connectivity index (χ3v) is 6.60. The summed E-state index contributed by atoms with van der Waals surface area (Å²) in [6, 6.07) is 15.8. The molecule has 0 radical (unpaired) electrons. The van der Waals surface area contributed by atoms with Gasteiger partial charge in [0, 0.05) is 43.3 Å². The molecule has 3 rings (SSSR count). The summed E-state index contributed by atoms with van der Waals surface area (Å²) in [6.07, 6.45) is 3.18. The molecule has 0 spiro atoms. The lowest BCUT2D eigenvalue weighted by molar-refractivity contribution is 0.102. The Morgan fingerprint density at radius 1 is 1.03 bits per heavy atom. The Morgan fingerprint density at radius 3 is 2.15 bits per heavy atom. The van der Waals surface area contributed by atoms with E-state index in [1.807, 2.05) is 0 Å². The summed E-state index contributed by atoms with van der Waals surface area (Å²) in [5.74, 6) is 0.317. The number of nitrogens with zero attached hydrogens (tertiary/aromatic N) is 2. The Balaban J connectivity index is 0.00000272. The van der Waals surface area contributed by atoms with Crippen LogP contribution < -0.4 is 15.8 Å². The molecule has 1 amide bonds. The largest absolute Gasteiger partial charge is 0.497 e. The first-order valence-electron chi connectivity index (χ1n) is 9.48. The van der Waals surface area contributed by atoms with Gasteiger partial charge in [-0.1, -0.05) is 12.1 Å².